The largest absolute Gasteiger partial charge is 0.496 e. The van der Waals surface area contributed by atoms with Gasteiger partial charge in [0.2, 0.25) is 5.91 Å². The molecule has 0 spiro atoms. The summed E-state index contributed by atoms with van der Waals surface area (Å²) in [6.45, 7) is 9.60. The van der Waals surface area contributed by atoms with E-state index in [2.05, 4.69) is 31.4 Å². The number of hydrogen-bond donors (Lipinski definition) is 4. The van der Waals surface area contributed by atoms with Crippen molar-refractivity contribution in [2.75, 3.05) is 20.2 Å². The number of carbonyl (C=O) groups excluding carboxylic acids is 2. The molecule has 9 heteroatoms. The van der Waals surface area contributed by atoms with Gasteiger partial charge < -0.3 is 26.2 Å². The highest BCUT2D eigenvalue weighted by atomic mass is 16.7. The van der Waals surface area contributed by atoms with Crippen LogP contribution in [0.15, 0.2) is 72.8 Å². The van der Waals surface area contributed by atoms with Gasteiger partial charge in [-0.2, -0.15) is 5.06 Å². The first-order valence-corrected chi connectivity index (χ1v) is 17.7. The van der Waals surface area contributed by atoms with E-state index in [1.54, 1.807) is 25.2 Å². The zero-order chi connectivity index (χ0) is 34.9. The molecule has 5 N–H and O–H groups in total. The standard InChI is InChI=1S/C40H52N4O5/c1-24-32-20-30(40(32,3)4)21-33(24)43-39(47)36-35(25(2)45)34(22-41)49-44(36)23-29-15-10-16-31(37(29)48-5)27-13-9-14-28(19-27)38(46)42-18-17-26-11-7-6-8-12-26/h6-16,19,24-25,30,32-36,45H,17-18,20-23,41H2,1-5H3,(H,42,46)(H,43,47)/t24-,25-,30+,32+,33-,34-,35+,36-/m0/s1. The zero-order valence-electron chi connectivity index (χ0n) is 29.4. The summed E-state index contributed by atoms with van der Waals surface area (Å²) in [4.78, 5) is 33.6. The van der Waals surface area contributed by atoms with E-state index in [1.807, 2.05) is 66.7 Å². The molecule has 1 aliphatic heterocycles. The van der Waals surface area contributed by atoms with Crippen LogP contribution in [0, 0.1) is 29.1 Å². The maximum absolute atomic E-state index is 14.2. The van der Waals surface area contributed by atoms with Gasteiger partial charge in [0.15, 0.2) is 0 Å². The van der Waals surface area contributed by atoms with Gasteiger partial charge in [-0.1, -0.05) is 81.4 Å². The van der Waals surface area contributed by atoms with Crippen molar-refractivity contribution in [1.29, 1.82) is 0 Å². The smallest absolute Gasteiger partial charge is 0.251 e. The number of carbonyl (C=O) groups is 2. The van der Waals surface area contributed by atoms with Crippen LogP contribution >= 0.6 is 0 Å². The molecule has 4 fully saturated rings. The first-order valence-electron chi connectivity index (χ1n) is 17.7. The summed E-state index contributed by atoms with van der Waals surface area (Å²) >= 11 is 0. The van der Waals surface area contributed by atoms with Gasteiger partial charge in [0.05, 0.1) is 25.9 Å². The molecule has 7 rings (SSSR count). The number of aliphatic hydroxyl groups excluding tert-OH is 1. The second-order valence-corrected chi connectivity index (χ2v) is 14.9. The van der Waals surface area contributed by atoms with Crippen LogP contribution in [0.25, 0.3) is 11.1 Å². The van der Waals surface area contributed by atoms with Crippen LogP contribution in [0.5, 0.6) is 5.75 Å². The Labute approximate surface area is 290 Å². The van der Waals surface area contributed by atoms with Crippen molar-refractivity contribution >= 4 is 11.8 Å². The fraction of sp³-hybridized carbons (Fsp3) is 0.500. The van der Waals surface area contributed by atoms with E-state index in [9.17, 15) is 14.7 Å². The van der Waals surface area contributed by atoms with Crippen molar-refractivity contribution in [1.82, 2.24) is 15.7 Å². The maximum atomic E-state index is 14.2. The first kappa shape index (κ1) is 35.1. The number of ether oxygens (including phenoxy) is 1. The molecule has 2 bridgehead atoms. The summed E-state index contributed by atoms with van der Waals surface area (Å²) in [6, 6.07) is 22.8. The van der Waals surface area contributed by atoms with Crippen LogP contribution < -0.4 is 21.1 Å². The van der Waals surface area contributed by atoms with Crippen LogP contribution in [0.1, 0.15) is 62.0 Å². The maximum Gasteiger partial charge on any atom is 0.251 e. The molecule has 3 saturated carbocycles. The minimum Gasteiger partial charge on any atom is -0.496 e. The molecule has 9 nitrogen and oxygen atoms in total. The monoisotopic (exact) mass is 668 g/mol. The molecular weight excluding hydrogens is 616 g/mol. The van der Waals surface area contributed by atoms with Crippen molar-refractivity contribution in [2.45, 2.75) is 77.8 Å². The van der Waals surface area contributed by atoms with Gasteiger partial charge in [-0.25, -0.2) is 0 Å². The Balaban J connectivity index is 1.21. The minimum atomic E-state index is -0.805. The Kier molecular flexibility index (Phi) is 10.5. The zero-order valence-corrected chi connectivity index (χ0v) is 29.4. The molecule has 0 aromatic heterocycles. The molecule has 262 valence electrons. The molecule has 2 amide bonds. The third-order valence-corrected chi connectivity index (χ3v) is 11.7. The fourth-order valence-corrected chi connectivity index (χ4v) is 8.77. The second-order valence-electron chi connectivity index (χ2n) is 14.9. The van der Waals surface area contributed by atoms with E-state index in [1.165, 1.54) is 12.0 Å². The number of amides is 2. The normalized spacial score (nSPS) is 27.9. The van der Waals surface area contributed by atoms with Crippen LogP contribution in [-0.4, -0.2) is 66.5 Å². The number of benzene rings is 3. The third kappa shape index (κ3) is 6.99. The molecular formula is C40H52N4O5. The average molecular weight is 669 g/mol. The van der Waals surface area contributed by atoms with Crippen LogP contribution in [0.4, 0.5) is 0 Å². The van der Waals surface area contributed by atoms with Gasteiger partial charge in [0, 0.05) is 41.7 Å². The van der Waals surface area contributed by atoms with Gasteiger partial charge in [-0.3, -0.25) is 14.4 Å². The number of hydrogen-bond acceptors (Lipinski definition) is 7. The van der Waals surface area contributed by atoms with Gasteiger partial charge in [-0.15, -0.1) is 0 Å². The van der Waals surface area contributed by atoms with Crippen molar-refractivity contribution in [2.24, 2.45) is 34.8 Å². The molecule has 0 unspecified atom stereocenters. The lowest BCUT2D eigenvalue weighted by Gasteiger charge is -2.62. The topological polar surface area (TPSA) is 126 Å². The Bertz CT molecular complexity index is 1630. The second kappa shape index (κ2) is 14.6. The molecule has 1 heterocycles. The minimum absolute atomic E-state index is 0.0818. The molecule has 1 saturated heterocycles. The predicted octanol–water partition coefficient (Wildman–Crippen LogP) is 4.96. The lowest BCUT2D eigenvalue weighted by atomic mass is 9.45. The van der Waals surface area contributed by atoms with E-state index in [0.717, 1.165) is 29.5 Å². The number of aliphatic hydroxyl groups is 1. The Morgan fingerprint density at radius 2 is 1.84 bits per heavy atom. The summed E-state index contributed by atoms with van der Waals surface area (Å²) in [5.74, 6) is 1.40. The number of nitrogens with one attached hydrogen (secondary N) is 2. The van der Waals surface area contributed by atoms with E-state index in [4.69, 9.17) is 15.3 Å². The number of fused-ring (bicyclic) bond motifs is 2. The first-order chi connectivity index (χ1) is 23.5. The van der Waals surface area contributed by atoms with Crippen molar-refractivity contribution in [3.05, 3.63) is 89.5 Å². The van der Waals surface area contributed by atoms with Crippen LogP contribution in [0.3, 0.4) is 0 Å². The van der Waals surface area contributed by atoms with Crippen molar-refractivity contribution in [3.8, 4) is 16.9 Å². The van der Waals surface area contributed by atoms with E-state index >= 15 is 0 Å². The lowest BCUT2D eigenvalue weighted by molar-refractivity contribution is -0.175. The summed E-state index contributed by atoms with van der Waals surface area (Å²) in [7, 11) is 1.62. The van der Waals surface area contributed by atoms with E-state index in [-0.39, 0.29) is 30.9 Å². The molecule has 3 aliphatic carbocycles. The SMILES string of the molecule is COc1c(CN2O[C@@H](CN)[C@@H]([C@H](C)O)[C@H]2C(=O)N[C@H]2C[C@H]3C[C@H]([C@@H]2C)C3(C)C)cccc1-c1cccc(C(=O)NCCc2ccccc2)c1. The number of para-hydroxylation sites is 1. The fourth-order valence-electron chi connectivity index (χ4n) is 8.77. The van der Waals surface area contributed by atoms with Gasteiger partial charge in [0.25, 0.3) is 5.91 Å². The molecule has 0 radical (unpaired) electrons. The lowest BCUT2D eigenvalue weighted by Crippen LogP contribution is -2.62. The highest BCUT2D eigenvalue weighted by Crippen LogP contribution is 2.61. The molecule has 4 aliphatic rings. The van der Waals surface area contributed by atoms with Crippen LogP contribution in [-0.2, 0) is 22.6 Å². The summed E-state index contributed by atoms with van der Waals surface area (Å²) < 4.78 is 5.99. The Hall–Kier alpha value is -3.76. The number of nitrogens with zero attached hydrogens (tertiary/aromatic N) is 1. The number of rotatable bonds is 12. The highest BCUT2D eigenvalue weighted by molar-refractivity contribution is 5.95. The average Bonchev–Trinajstić information content (AvgIpc) is 3.48. The van der Waals surface area contributed by atoms with Crippen LogP contribution in [0.2, 0.25) is 0 Å². The number of nitrogens with two attached hydrogens (primary N) is 1. The highest BCUT2D eigenvalue weighted by Gasteiger charge is 2.57. The Morgan fingerprint density at radius 1 is 1.08 bits per heavy atom. The quantitative estimate of drug-likeness (QED) is 0.215. The summed E-state index contributed by atoms with van der Waals surface area (Å²) in [6.07, 6.45) is 1.62. The molecule has 8 atom stereocenters. The summed E-state index contributed by atoms with van der Waals surface area (Å²) in [5.41, 5.74) is 10.6. The molecule has 49 heavy (non-hydrogen) atoms. The third-order valence-electron chi connectivity index (χ3n) is 11.7. The van der Waals surface area contributed by atoms with Gasteiger partial charge >= 0.3 is 0 Å². The molecule has 3 aromatic carbocycles. The van der Waals surface area contributed by atoms with Gasteiger partial charge in [-0.05, 0) is 72.6 Å². The van der Waals surface area contributed by atoms with Crippen molar-refractivity contribution in [3.63, 3.8) is 0 Å². The molecule has 3 aromatic rings. The van der Waals surface area contributed by atoms with E-state index in [0.29, 0.717) is 41.0 Å². The van der Waals surface area contributed by atoms with E-state index < -0.39 is 24.2 Å². The summed E-state index contributed by atoms with van der Waals surface area (Å²) in [5, 5.41) is 19.0. The predicted molar refractivity (Wildman–Crippen MR) is 190 cm³/mol. The van der Waals surface area contributed by atoms with Gasteiger partial charge in [0.1, 0.15) is 11.8 Å². The van der Waals surface area contributed by atoms with Crippen molar-refractivity contribution < 1.29 is 24.3 Å². The Morgan fingerprint density at radius 3 is 2.51 bits per heavy atom. The number of methoxy groups -OCH3 is 1. The number of hydroxylamine groups is 2.